The van der Waals surface area contributed by atoms with Gasteiger partial charge in [0.1, 0.15) is 5.69 Å². The molecule has 0 bridgehead atoms. The number of nitrogens with one attached hydrogen (secondary N) is 1. The molecule has 1 amide bonds. The van der Waals surface area contributed by atoms with Crippen molar-refractivity contribution >= 4 is 28.6 Å². The molecule has 1 aromatic carbocycles. The van der Waals surface area contributed by atoms with Gasteiger partial charge in [0.25, 0.3) is 5.91 Å². The lowest BCUT2D eigenvalue weighted by molar-refractivity contribution is 0.0600. The highest BCUT2D eigenvalue weighted by Gasteiger charge is 2.19. The number of furan rings is 1. The summed E-state index contributed by atoms with van der Waals surface area (Å²) in [7, 11) is 1.32. The molecule has 0 saturated carbocycles. The molecule has 4 rings (SSSR count). The number of anilines is 1. The van der Waals surface area contributed by atoms with E-state index in [-0.39, 0.29) is 11.9 Å². The fraction of sp³-hybridized carbons (Fsp3) is 0.182. The average molecular weight is 404 g/mol. The lowest BCUT2D eigenvalue weighted by Gasteiger charge is -2.10. The van der Waals surface area contributed by atoms with Crippen LogP contribution in [-0.2, 0) is 4.74 Å². The van der Waals surface area contributed by atoms with Crippen molar-refractivity contribution in [1.29, 1.82) is 0 Å². The number of nitrogens with zero attached hydrogens (tertiary/aromatic N) is 3. The first kappa shape index (κ1) is 19.4. The molecular formula is C22H20N4O4. The molecule has 152 valence electrons. The third kappa shape index (κ3) is 3.55. The van der Waals surface area contributed by atoms with Gasteiger partial charge in [0, 0.05) is 11.7 Å². The molecule has 0 unspecified atom stereocenters. The van der Waals surface area contributed by atoms with E-state index in [0.717, 1.165) is 0 Å². The van der Waals surface area contributed by atoms with Crippen molar-refractivity contribution in [1.82, 2.24) is 14.8 Å². The third-order valence-corrected chi connectivity index (χ3v) is 4.64. The second-order valence-corrected chi connectivity index (χ2v) is 6.98. The Labute approximate surface area is 172 Å². The summed E-state index contributed by atoms with van der Waals surface area (Å²) in [5, 5.41) is 7.90. The van der Waals surface area contributed by atoms with Crippen LogP contribution in [0.3, 0.4) is 0 Å². The summed E-state index contributed by atoms with van der Waals surface area (Å²) in [6, 6.07) is 11.8. The molecule has 4 aromatic rings. The molecule has 8 heteroatoms. The van der Waals surface area contributed by atoms with Gasteiger partial charge in [0.05, 0.1) is 36.1 Å². The largest absolute Gasteiger partial charge is 0.465 e. The first-order valence-corrected chi connectivity index (χ1v) is 9.40. The van der Waals surface area contributed by atoms with Gasteiger partial charge in [-0.1, -0.05) is 0 Å². The number of hydrogen-bond donors (Lipinski definition) is 1. The number of ether oxygens (including phenoxy) is 1. The van der Waals surface area contributed by atoms with Crippen LogP contribution in [-0.4, -0.2) is 33.8 Å². The lowest BCUT2D eigenvalue weighted by Crippen LogP contribution is -2.13. The second kappa shape index (κ2) is 7.82. The standard InChI is InChI=1S/C22H20N4O4/c1-13(2)26-20-17(12-23-26)16(11-18(25-20)19-5-4-10-30-19)21(27)24-15-8-6-14(7-9-15)22(28)29-3/h4-13H,1-3H3,(H,24,27). The number of hydrogen-bond acceptors (Lipinski definition) is 6. The highest BCUT2D eigenvalue weighted by atomic mass is 16.5. The van der Waals surface area contributed by atoms with Crippen LogP contribution in [0.1, 0.15) is 40.6 Å². The van der Waals surface area contributed by atoms with Crippen LogP contribution < -0.4 is 5.32 Å². The van der Waals surface area contributed by atoms with Crippen LogP contribution >= 0.6 is 0 Å². The number of fused-ring (bicyclic) bond motifs is 1. The van der Waals surface area contributed by atoms with Crippen molar-refractivity contribution in [3.8, 4) is 11.5 Å². The molecule has 0 atom stereocenters. The number of rotatable bonds is 5. The Balaban J connectivity index is 1.73. The van der Waals surface area contributed by atoms with Gasteiger partial charge in [0.15, 0.2) is 11.4 Å². The van der Waals surface area contributed by atoms with E-state index in [4.69, 9.17) is 9.15 Å². The molecule has 0 aliphatic carbocycles. The summed E-state index contributed by atoms with van der Waals surface area (Å²) in [5.41, 5.74) is 2.52. The minimum atomic E-state index is -0.437. The van der Waals surface area contributed by atoms with Gasteiger partial charge in [-0.3, -0.25) is 4.79 Å². The molecule has 0 radical (unpaired) electrons. The smallest absolute Gasteiger partial charge is 0.337 e. The Kier molecular flexibility index (Phi) is 5.05. The summed E-state index contributed by atoms with van der Waals surface area (Å²) in [5.74, 6) is -0.192. The molecule has 1 N–H and O–H groups in total. The molecule has 3 heterocycles. The second-order valence-electron chi connectivity index (χ2n) is 6.98. The van der Waals surface area contributed by atoms with E-state index in [1.807, 2.05) is 13.8 Å². The van der Waals surface area contributed by atoms with Gasteiger partial charge >= 0.3 is 5.97 Å². The van der Waals surface area contributed by atoms with Gasteiger partial charge in [-0.05, 0) is 56.3 Å². The SMILES string of the molecule is COC(=O)c1ccc(NC(=O)c2cc(-c3ccco3)nc3c2cnn3C(C)C)cc1. The van der Waals surface area contributed by atoms with Crippen molar-refractivity contribution in [3.05, 3.63) is 66.1 Å². The van der Waals surface area contributed by atoms with Crippen LogP contribution in [0.25, 0.3) is 22.5 Å². The predicted octanol–water partition coefficient (Wildman–Crippen LogP) is 4.31. The monoisotopic (exact) mass is 404 g/mol. The van der Waals surface area contributed by atoms with Crippen molar-refractivity contribution in [2.75, 3.05) is 12.4 Å². The fourth-order valence-corrected chi connectivity index (χ4v) is 3.14. The number of esters is 1. The van der Waals surface area contributed by atoms with Crippen molar-refractivity contribution in [3.63, 3.8) is 0 Å². The maximum absolute atomic E-state index is 13.1. The number of aromatic nitrogens is 3. The molecule has 0 saturated heterocycles. The topological polar surface area (TPSA) is 99.2 Å². The zero-order valence-corrected chi connectivity index (χ0v) is 16.7. The lowest BCUT2D eigenvalue weighted by atomic mass is 10.1. The first-order valence-electron chi connectivity index (χ1n) is 9.40. The maximum Gasteiger partial charge on any atom is 0.337 e. The maximum atomic E-state index is 13.1. The minimum Gasteiger partial charge on any atom is -0.465 e. The van der Waals surface area contributed by atoms with Crippen LogP contribution in [0.5, 0.6) is 0 Å². The zero-order valence-electron chi connectivity index (χ0n) is 16.7. The van der Waals surface area contributed by atoms with Crippen LogP contribution in [0, 0.1) is 0 Å². The highest BCUT2D eigenvalue weighted by molar-refractivity contribution is 6.12. The first-order chi connectivity index (χ1) is 14.5. The van der Waals surface area contributed by atoms with E-state index in [9.17, 15) is 9.59 Å². The van der Waals surface area contributed by atoms with Gasteiger partial charge in [-0.15, -0.1) is 0 Å². The van der Waals surface area contributed by atoms with E-state index in [2.05, 4.69) is 15.4 Å². The van der Waals surface area contributed by atoms with Gasteiger partial charge in [-0.2, -0.15) is 5.10 Å². The normalized spacial score (nSPS) is 11.1. The summed E-state index contributed by atoms with van der Waals surface area (Å²) in [4.78, 5) is 29.4. The predicted molar refractivity (Wildman–Crippen MR) is 111 cm³/mol. The summed E-state index contributed by atoms with van der Waals surface area (Å²) < 4.78 is 11.9. The molecule has 30 heavy (non-hydrogen) atoms. The van der Waals surface area contributed by atoms with Crippen LogP contribution in [0.4, 0.5) is 5.69 Å². The molecule has 0 aliphatic heterocycles. The number of benzene rings is 1. The van der Waals surface area contributed by atoms with E-state index in [1.54, 1.807) is 59.6 Å². The van der Waals surface area contributed by atoms with Crippen LogP contribution in [0.15, 0.2) is 59.3 Å². The molecule has 8 nitrogen and oxygen atoms in total. The average Bonchev–Trinajstić information content (AvgIpc) is 3.42. The van der Waals surface area contributed by atoms with E-state index in [0.29, 0.717) is 39.3 Å². The van der Waals surface area contributed by atoms with Gasteiger partial charge in [-0.25, -0.2) is 14.5 Å². The van der Waals surface area contributed by atoms with Crippen LogP contribution in [0.2, 0.25) is 0 Å². The van der Waals surface area contributed by atoms with Gasteiger partial charge in [0.2, 0.25) is 0 Å². The quantitative estimate of drug-likeness (QED) is 0.498. The van der Waals surface area contributed by atoms with Crippen molar-refractivity contribution in [2.45, 2.75) is 19.9 Å². The molecule has 0 fully saturated rings. The molecule has 0 aliphatic rings. The summed E-state index contributed by atoms with van der Waals surface area (Å²) in [6.07, 6.45) is 3.20. The Morgan fingerprint density at radius 1 is 1.17 bits per heavy atom. The molecular weight excluding hydrogens is 384 g/mol. The van der Waals surface area contributed by atoms with Crippen molar-refractivity contribution < 1.29 is 18.7 Å². The van der Waals surface area contributed by atoms with E-state index < -0.39 is 5.97 Å². The number of carbonyl (C=O) groups excluding carboxylic acids is 2. The Morgan fingerprint density at radius 2 is 1.93 bits per heavy atom. The Morgan fingerprint density at radius 3 is 2.57 bits per heavy atom. The summed E-state index contributed by atoms with van der Waals surface area (Å²) in [6.45, 7) is 3.99. The van der Waals surface area contributed by atoms with Crippen molar-refractivity contribution in [2.24, 2.45) is 0 Å². The molecule has 0 spiro atoms. The highest BCUT2D eigenvalue weighted by Crippen LogP contribution is 2.27. The summed E-state index contributed by atoms with van der Waals surface area (Å²) >= 11 is 0. The van der Waals surface area contributed by atoms with E-state index in [1.165, 1.54) is 7.11 Å². The molecule has 3 aromatic heterocycles. The van der Waals surface area contributed by atoms with Gasteiger partial charge < -0.3 is 14.5 Å². The number of carbonyl (C=O) groups is 2. The zero-order chi connectivity index (χ0) is 21.3. The third-order valence-electron chi connectivity index (χ3n) is 4.64. The van der Waals surface area contributed by atoms with E-state index >= 15 is 0 Å². The Hall–Kier alpha value is -3.94. The number of pyridine rings is 1. The fourth-order valence-electron chi connectivity index (χ4n) is 3.14. The minimum absolute atomic E-state index is 0.0728. The number of amides is 1. The Bertz CT molecular complexity index is 1210. The number of methoxy groups -OCH3 is 1.